The van der Waals surface area contributed by atoms with Gasteiger partial charge in [-0.05, 0) is 47.3 Å². The van der Waals surface area contributed by atoms with E-state index in [0.29, 0.717) is 6.61 Å². The summed E-state index contributed by atoms with van der Waals surface area (Å²) in [6, 6.07) is 6.27. The van der Waals surface area contributed by atoms with Gasteiger partial charge in [0, 0.05) is 6.04 Å². The lowest BCUT2D eigenvalue weighted by molar-refractivity contribution is 0.355. The minimum absolute atomic E-state index is 0.188. The van der Waals surface area contributed by atoms with E-state index in [1.807, 2.05) is 31.2 Å². The lowest BCUT2D eigenvalue weighted by atomic mass is 10.0. The second-order valence-electron chi connectivity index (χ2n) is 3.98. The Morgan fingerprint density at radius 2 is 2.24 bits per heavy atom. The fraction of sp³-hybridized carbons (Fsp3) is 0.429. The Hall–Kier alpha value is -0.800. The molecule has 0 heterocycles. The van der Waals surface area contributed by atoms with E-state index in [9.17, 15) is 0 Å². The van der Waals surface area contributed by atoms with Crippen LogP contribution in [0.2, 0.25) is 0 Å². The van der Waals surface area contributed by atoms with Crippen molar-refractivity contribution >= 4 is 15.9 Å². The van der Waals surface area contributed by atoms with Crippen LogP contribution in [0.25, 0.3) is 0 Å². The zero-order chi connectivity index (χ0) is 12.7. The highest BCUT2D eigenvalue weighted by Crippen LogP contribution is 2.30. The van der Waals surface area contributed by atoms with Gasteiger partial charge in [-0.1, -0.05) is 31.2 Å². The van der Waals surface area contributed by atoms with Crippen molar-refractivity contribution in [3.63, 3.8) is 0 Å². The number of para-hydroxylation sites is 1. The van der Waals surface area contributed by atoms with Crippen LogP contribution in [0.3, 0.4) is 0 Å². The highest BCUT2D eigenvalue weighted by molar-refractivity contribution is 9.10. The second-order valence-corrected chi connectivity index (χ2v) is 4.83. The fourth-order valence-corrected chi connectivity index (χ4v) is 2.05. The van der Waals surface area contributed by atoms with Crippen molar-refractivity contribution in [2.24, 2.45) is 5.73 Å². The zero-order valence-electron chi connectivity index (χ0n) is 10.4. The van der Waals surface area contributed by atoms with Gasteiger partial charge in [0.25, 0.3) is 0 Å². The molecule has 0 amide bonds. The van der Waals surface area contributed by atoms with Crippen LogP contribution in [0.4, 0.5) is 0 Å². The first-order valence-electron chi connectivity index (χ1n) is 5.96. The van der Waals surface area contributed by atoms with Crippen molar-refractivity contribution in [3.8, 4) is 5.75 Å². The van der Waals surface area contributed by atoms with Crippen LogP contribution in [-0.2, 0) is 6.42 Å². The molecule has 1 atom stereocenters. The summed E-state index contributed by atoms with van der Waals surface area (Å²) in [5.41, 5.74) is 7.16. The topological polar surface area (TPSA) is 35.2 Å². The van der Waals surface area contributed by atoms with Gasteiger partial charge in [0.2, 0.25) is 0 Å². The van der Waals surface area contributed by atoms with Crippen molar-refractivity contribution in [1.29, 1.82) is 0 Å². The molecule has 0 aliphatic heterocycles. The molecular formula is C14H20BrNO. The smallest absolute Gasteiger partial charge is 0.137 e. The van der Waals surface area contributed by atoms with E-state index in [1.54, 1.807) is 0 Å². The molecule has 0 bridgehead atoms. The molecule has 2 N–H and O–H groups in total. The number of benzene rings is 1. The van der Waals surface area contributed by atoms with E-state index in [0.717, 1.165) is 23.1 Å². The Morgan fingerprint density at radius 1 is 1.47 bits per heavy atom. The van der Waals surface area contributed by atoms with Gasteiger partial charge < -0.3 is 10.5 Å². The number of allylic oxidation sites excluding steroid dienone is 1. The maximum absolute atomic E-state index is 5.99. The van der Waals surface area contributed by atoms with Crippen LogP contribution in [-0.4, -0.2) is 12.6 Å². The number of hydrogen-bond acceptors (Lipinski definition) is 2. The molecule has 0 aromatic heterocycles. The number of ether oxygens (including phenoxy) is 1. The Balaban J connectivity index is 2.83. The first kappa shape index (κ1) is 14.3. The molecule has 1 aromatic rings. The summed E-state index contributed by atoms with van der Waals surface area (Å²) < 4.78 is 6.75. The summed E-state index contributed by atoms with van der Waals surface area (Å²) >= 11 is 3.52. The number of rotatable bonds is 6. The summed E-state index contributed by atoms with van der Waals surface area (Å²) in [6.07, 6.45) is 5.79. The van der Waals surface area contributed by atoms with Crippen LogP contribution in [0.5, 0.6) is 5.75 Å². The van der Waals surface area contributed by atoms with E-state index >= 15 is 0 Å². The van der Waals surface area contributed by atoms with Gasteiger partial charge in [-0.3, -0.25) is 0 Å². The Bertz CT molecular complexity index is 376. The van der Waals surface area contributed by atoms with E-state index in [1.165, 1.54) is 5.56 Å². The average molecular weight is 298 g/mol. The molecule has 94 valence electrons. The van der Waals surface area contributed by atoms with Crippen LogP contribution in [0.1, 0.15) is 25.8 Å². The molecule has 1 unspecified atom stereocenters. The molecule has 0 radical (unpaired) electrons. The quantitative estimate of drug-likeness (QED) is 0.813. The molecule has 0 fully saturated rings. The molecule has 0 aliphatic carbocycles. The van der Waals surface area contributed by atoms with Gasteiger partial charge in [-0.2, -0.15) is 0 Å². The van der Waals surface area contributed by atoms with Crippen LogP contribution >= 0.6 is 15.9 Å². The Morgan fingerprint density at radius 3 is 2.88 bits per heavy atom. The minimum atomic E-state index is 0.188. The van der Waals surface area contributed by atoms with Gasteiger partial charge in [0.05, 0.1) is 4.47 Å². The largest absolute Gasteiger partial charge is 0.488 e. The third kappa shape index (κ3) is 4.52. The number of hydrogen-bond donors (Lipinski definition) is 1. The lowest BCUT2D eigenvalue weighted by Gasteiger charge is -2.15. The Kier molecular flexibility index (Phi) is 6.30. The predicted octanol–water partition coefficient (Wildman–Crippen LogP) is 3.68. The molecule has 0 saturated carbocycles. The molecule has 3 heteroatoms. The van der Waals surface area contributed by atoms with Gasteiger partial charge in [-0.15, -0.1) is 0 Å². The van der Waals surface area contributed by atoms with Crippen molar-refractivity contribution in [2.45, 2.75) is 32.7 Å². The molecule has 0 spiro atoms. The van der Waals surface area contributed by atoms with Gasteiger partial charge in [-0.25, -0.2) is 0 Å². The minimum Gasteiger partial charge on any atom is -0.488 e. The van der Waals surface area contributed by atoms with Gasteiger partial charge >= 0.3 is 0 Å². The number of halogens is 1. The molecule has 1 aromatic carbocycles. The molecule has 0 aliphatic rings. The number of nitrogens with two attached hydrogens (primary N) is 1. The maximum atomic E-state index is 5.99. The predicted molar refractivity (Wildman–Crippen MR) is 76.4 cm³/mol. The van der Waals surface area contributed by atoms with E-state index in [2.05, 4.69) is 28.9 Å². The third-order valence-corrected chi connectivity index (χ3v) is 3.24. The van der Waals surface area contributed by atoms with E-state index < -0.39 is 0 Å². The summed E-state index contributed by atoms with van der Waals surface area (Å²) in [5.74, 6) is 0.912. The average Bonchev–Trinajstić information content (AvgIpc) is 2.32. The summed E-state index contributed by atoms with van der Waals surface area (Å²) in [4.78, 5) is 0. The van der Waals surface area contributed by atoms with Gasteiger partial charge in [0.15, 0.2) is 0 Å². The fourth-order valence-electron chi connectivity index (χ4n) is 1.53. The van der Waals surface area contributed by atoms with Gasteiger partial charge in [0.1, 0.15) is 12.4 Å². The van der Waals surface area contributed by atoms with Crippen LogP contribution in [0, 0.1) is 0 Å². The van der Waals surface area contributed by atoms with E-state index in [4.69, 9.17) is 10.5 Å². The Labute approximate surface area is 112 Å². The first-order chi connectivity index (χ1) is 8.19. The van der Waals surface area contributed by atoms with Crippen molar-refractivity contribution in [3.05, 3.63) is 40.4 Å². The SMILES string of the molecule is CC=CCOc1c(Br)cccc1CC(N)CC. The lowest BCUT2D eigenvalue weighted by Crippen LogP contribution is -2.21. The van der Waals surface area contributed by atoms with Crippen molar-refractivity contribution < 1.29 is 4.74 Å². The normalized spacial score (nSPS) is 12.9. The first-order valence-corrected chi connectivity index (χ1v) is 6.75. The summed E-state index contributed by atoms with van der Waals surface area (Å²) in [5, 5.41) is 0. The van der Waals surface area contributed by atoms with Crippen molar-refractivity contribution in [2.75, 3.05) is 6.61 Å². The highest BCUT2D eigenvalue weighted by atomic mass is 79.9. The molecule has 17 heavy (non-hydrogen) atoms. The summed E-state index contributed by atoms with van der Waals surface area (Å²) in [6.45, 7) is 4.67. The van der Waals surface area contributed by atoms with Crippen LogP contribution < -0.4 is 10.5 Å². The molecular weight excluding hydrogens is 278 g/mol. The zero-order valence-corrected chi connectivity index (χ0v) is 12.0. The monoisotopic (exact) mass is 297 g/mol. The van der Waals surface area contributed by atoms with Crippen LogP contribution in [0.15, 0.2) is 34.8 Å². The summed E-state index contributed by atoms with van der Waals surface area (Å²) in [7, 11) is 0. The molecule has 0 saturated heterocycles. The highest BCUT2D eigenvalue weighted by Gasteiger charge is 2.10. The third-order valence-electron chi connectivity index (χ3n) is 2.61. The second kappa shape index (κ2) is 7.51. The standard InChI is InChI=1S/C14H20BrNO/c1-3-5-9-17-14-11(10-12(16)4-2)7-6-8-13(14)15/h3,5-8,12H,4,9-10,16H2,1-2H3. The maximum Gasteiger partial charge on any atom is 0.137 e. The van der Waals surface area contributed by atoms with Crippen molar-refractivity contribution in [1.82, 2.24) is 0 Å². The molecule has 1 rings (SSSR count). The molecule has 2 nitrogen and oxygen atoms in total. The van der Waals surface area contributed by atoms with E-state index in [-0.39, 0.29) is 6.04 Å².